The SMILES string of the molecule is Cl.O=C1CCc2ccc(NC(=O)C3CCCCN3)cc2N1. The molecule has 0 radical (unpaired) electrons. The molecule has 114 valence electrons. The molecule has 2 aliphatic heterocycles. The molecule has 3 rings (SSSR count). The molecule has 1 fully saturated rings. The van der Waals surface area contributed by atoms with Crippen LogP contribution in [0.2, 0.25) is 0 Å². The number of benzene rings is 1. The molecule has 1 unspecified atom stereocenters. The summed E-state index contributed by atoms with van der Waals surface area (Å²) in [6.45, 7) is 0.901. The number of carbonyl (C=O) groups excluding carboxylic acids is 2. The third-order valence-electron chi connectivity index (χ3n) is 3.90. The van der Waals surface area contributed by atoms with E-state index < -0.39 is 0 Å². The lowest BCUT2D eigenvalue weighted by molar-refractivity contribution is -0.118. The minimum absolute atomic E-state index is 0. The van der Waals surface area contributed by atoms with Crippen LogP contribution in [0, 0.1) is 0 Å². The number of anilines is 2. The van der Waals surface area contributed by atoms with Crippen molar-refractivity contribution in [2.75, 3.05) is 17.2 Å². The molecule has 21 heavy (non-hydrogen) atoms. The van der Waals surface area contributed by atoms with Crippen molar-refractivity contribution in [3.8, 4) is 0 Å². The minimum Gasteiger partial charge on any atom is -0.326 e. The molecule has 1 atom stereocenters. The maximum atomic E-state index is 12.1. The molecule has 0 saturated carbocycles. The number of carbonyl (C=O) groups is 2. The fourth-order valence-electron chi connectivity index (χ4n) is 2.75. The lowest BCUT2D eigenvalue weighted by Crippen LogP contribution is -2.43. The van der Waals surface area contributed by atoms with E-state index in [4.69, 9.17) is 0 Å². The Balaban J connectivity index is 0.00000161. The van der Waals surface area contributed by atoms with Crippen molar-refractivity contribution < 1.29 is 9.59 Å². The maximum Gasteiger partial charge on any atom is 0.241 e. The second-order valence-electron chi connectivity index (χ2n) is 5.41. The van der Waals surface area contributed by atoms with E-state index in [1.807, 2.05) is 18.2 Å². The third kappa shape index (κ3) is 3.74. The molecule has 3 N–H and O–H groups in total. The fourth-order valence-corrected chi connectivity index (χ4v) is 2.75. The van der Waals surface area contributed by atoms with Gasteiger partial charge in [0.1, 0.15) is 0 Å². The first-order valence-electron chi connectivity index (χ1n) is 7.19. The summed E-state index contributed by atoms with van der Waals surface area (Å²) >= 11 is 0. The Kier molecular flexibility index (Phi) is 5.20. The largest absolute Gasteiger partial charge is 0.326 e. The zero-order valence-corrected chi connectivity index (χ0v) is 12.6. The molecule has 1 saturated heterocycles. The second-order valence-corrected chi connectivity index (χ2v) is 5.41. The van der Waals surface area contributed by atoms with Gasteiger partial charge in [-0.2, -0.15) is 0 Å². The van der Waals surface area contributed by atoms with Crippen molar-refractivity contribution >= 4 is 35.6 Å². The van der Waals surface area contributed by atoms with Crippen LogP contribution in [0.25, 0.3) is 0 Å². The van der Waals surface area contributed by atoms with Crippen LogP contribution in [-0.4, -0.2) is 24.4 Å². The smallest absolute Gasteiger partial charge is 0.241 e. The molecule has 0 spiro atoms. The van der Waals surface area contributed by atoms with Gasteiger partial charge in [-0.05, 0) is 43.5 Å². The molecule has 2 amide bonds. The number of piperidine rings is 1. The average molecular weight is 310 g/mol. The van der Waals surface area contributed by atoms with E-state index in [2.05, 4.69) is 16.0 Å². The minimum atomic E-state index is -0.102. The van der Waals surface area contributed by atoms with Crippen LogP contribution >= 0.6 is 12.4 Å². The molecule has 1 aromatic rings. The highest BCUT2D eigenvalue weighted by molar-refractivity contribution is 5.98. The van der Waals surface area contributed by atoms with E-state index >= 15 is 0 Å². The zero-order valence-electron chi connectivity index (χ0n) is 11.8. The second kappa shape index (κ2) is 6.91. The number of halogens is 1. The van der Waals surface area contributed by atoms with Gasteiger partial charge in [-0.3, -0.25) is 9.59 Å². The van der Waals surface area contributed by atoms with Gasteiger partial charge in [0.2, 0.25) is 11.8 Å². The van der Waals surface area contributed by atoms with Gasteiger partial charge in [0.15, 0.2) is 0 Å². The van der Waals surface area contributed by atoms with E-state index in [9.17, 15) is 9.59 Å². The summed E-state index contributed by atoms with van der Waals surface area (Å²) in [6.07, 6.45) is 4.40. The van der Waals surface area contributed by atoms with Crippen molar-refractivity contribution in [1.82, 2.24) is 5.32 Å². The standard InChI is InChI=1S/C15H19N3O2.ClH/c19-14-7-5-10-4-6-11(9-13(10)18-14)17-15(20)12-3-1-2-8-16-12;/h4,6,9,12,16H,1-3,5,7-8H2,(H,17,20)(H,18,19);1H. The van der Waals surface area contributed by atoms with E-state index in [0.29, 0.717) is 6.42 Å². The number of amides is 2. The van der Waals surface area contributed by atoms with Crippen molar-refractivity contribution in [1.29, 1.82) is 0 Å². The topological polar surface area (TPSA) is 70.2 Å². The Hall–Kier alpha value is -1.59. The van der Waals surface area contributed by atoms with Crippen molar-refractivity contribution in [3.63, 3.8) is 0 Å². The van der Waals surface area contributed by atoms with E-state index in [1.54, 1.807) is 0 Å². The molecule has 2 heterocycles. The predicted octanol–water partition coefficient (Wildman–Crippen LogP) is 2.07. The third-order valence-corrected chi connectivity index (χ3v) is 3.90. The number of hydrogen-bond acceptors (Lipinski definition) is 3. The number of aryl methyl sites for hydroxylation is 1. The predicted molar refractivity (Wildman–Crippen MR) is 84.9 cm³/mol. The molecule has 0 aliphatic carbocycles. The van der Waals surface area contributed by atoms with Gasteiger partial charge in [0.25, 0.3) is 0 Å². The van der Waals surface area contributed by atoms with Gasteiger partial charge >= 0.3 is 0 Å². The van der Waals surface area contributed by atoms with Gasteiger partial charge in [-0.15, -0.1) is 12.4 Å². The number of rotatable bonds is 2. The first-order valence-corrected chi connectivity index (χ1v) is 7.19. The van der Waals surface area contributed by atoms with Crippen LogP contribution in [0.1, 0.15) is 31.2 Å². The number of hydrogen-bond donors (Lipinski definition) is 3. The van der Waals surface area contributed by atoms with Crippen molar-refractivity contribution in [2.24, 2.45) is 0 Å². The zero-order chi connectivity index (χ0) is 13.9. The highest BCUT2D eigenvalue weighted by Gasteiger charge is 2.21. The Morgan fingerprint density at radius 1 is 1.24 bits per heavy atom. The quantitative estimate of drug-likeness (QED) is 0.783. The van der Waals surface area contributed by atoms with E-state index in [1.165, 1.54) is 0 Å². The molecule has 2 aliphatic rings. The van der Waals surface area contributed by atoms with Gasteiger partial charge in [-0.25, -0.2) is 0 Å². The first-order chi connectivity index (χ1) is 9.72. The fraction of sp³-hybridized carbons (Fsp3) is 0.467. The van der Waals surface area contributed by atoms with Crippen molar-refractivity contribution in [3.05, 3.63) is 23.8 Å². The summed E-state index contributed by atoms with van der Waals surface area (Å²) in [7, 11) is 0. The highest BCUT2D eigenvalue weighted by atomic mass is 35.5. The summed E-state index contributed by atoms with van der Waals surface area (Å²) in [5.41, 5.74) is 2.68. The van der Waals surface area contributed by atoms with Crippen molar-refractivity contribution in [2.45, 2.75) is 38.1 Å². The summed E-state index contributed by atoms with van der Waals surface area (Å²) in [4.78, 5) is 23.5. The average Bonchev–Trinajstić information content (AvgIpc) is 2.47. The molecular formula is C15H20ClN3O2. The Labute approximate surface area is 130 Å². The summed E-state index contributed by atoms with van der Waals surface area (Å²) in [5, 5.41) is 9.00. The monoisotopic (exact) mass is 309 g/mol. The van der Waals surface area contributed by atoms with Crippen LogP contribution in [0.4, 0.5) is 11.4 Å². The Morgan fingerprint density at radius 3 is 2.86 bits per heavy atom. The summed E-state index contributed by atoms with van der Waals surface area (Å²) in [6, 6.07) is 5.61. The Morgan fingerprint density at radius 2 is 2.10 bits per heavy atom. The van der Waals surface area contributed by atoms with E-state index in [-0.39, 0.29) is 30.3 Å². The molecule has 6 heteroatoms. The molecule has 0 aromatic heterocycles. The molecule has 5 nitrogen and oxygen atoms in total. The molecular weight excluding hydrogens is 290 g/mol. The maximum absolute atomic E-state index is 12.1. The van der Waals surface area contributed by atoms with Crippen LogP contribution < -0.4 is 16.0 Å². The van der Waals surface area contributed by atoms with Gasteiger partial charge in [-0.1, -0.05) is 12.5 Å². The highest BCUT2D eigenvalue weighted by Crippen LogP contribution is 2.26. The lowest BCUT2D eigenvalue weighted by atomic mass is 10.0. The van der Waals surface area contributed by atoms with Crippen LogP contribution in [0.15, 0.2) is 18.2 Å². The Bertz CT molecular complexity index is 542. The first kappa shape index (κ1) is 15.8. The van der Waals surface area contributed by atoms with Crippen LogP contribution in [0.5, 0.6) is 0 Å². The summed E-state index contributed by atoms with van der Waals surface area (Å²) in [5.74, 6) is 0.0432. The van der Waals surface area contributed by atoms with Crippen LogP contribution in [-0.2, 0) is 16.0 Å². The number of fused-ring (bicyclic) bond motifs is 1. The normalized spacial score (nSPS) is 20.8. The molecule has 0 bridgehead atoms. The summed E-state index contributed by atoms with van der Waals surface area (Å²) < 4.78 is 0. The molecule has 1 aromatic carbocycles. The van der Waals surface area contributed by atoms with Gasteiger partial charge in [0.05, 0.1) is 6.04 Å². The van der Waals surface area contributed by atoms with E-state index in [0.717, 1.165) is 49.2 Å². The van der Waals surface area contributed by atoms with Crippen LogP contribution in [0.3, 0.4) is 0 Å². The van der Waals surface area contributed by atoms with Gasteiger partial charge in [0, 0.05) is 17.8 Å². The van der Waals surface area contributed by atoms with Gasteiger partial charge < -0.3 is 16.0 Å². The lowest BCUT2D eigenvalue weighted by Gasteiger charge is -2.23. The number of nitrogens with one attached hydrogen (secondary N) is 3.